The van der Waals surface area contributed by atoms with Gasteiger partial charge in [0, 0.05) is 25.3 Å². The van der Waals surface area contributed by atoms with Gasteiger partial charge in [-0.25, -0.2) is 9.97 Å². The van der Waals surface area contributed by atoms with E-state index in [0.29, 0.717) is 0 Å². The molecule has 0 radical (unpaired) electrons. The lowest BCUT2D eigenvalue weighted by Gasteiger charge is -2.43. The zero-order chi connectivity index (χ0) is 14.0. The number of hydrogen-bond donors (Lipinski definition) is 1. The van der Waals surface area contributed by atoms with Crippen LogP contribution in [0.5, 0.6) is 0 Å². The van der Waals surface area contributed by atoms with E-state index in [9.17, 15) is 0 Å². The molecule has 1 aliphatic heterocycles. The Morgan fingerprint density at radius 1 is 1.35 bits per heavy atom. The van der Waals surface area contributed by atoms with Crippen LogP contribution in [0, 0.1) is 0 Å². The topological polar surface area (TPSA) is 50.3 Å². The molecule has 5 nitrogen and oxygen atoms in total. The predicted molar refractivity (Wildman–Crippen MR) is 82.4 cm³/mol. The van der Waals surface area contributed by atoms with Gasteiger partial charge in [-0.05, 0) is 38.4 Å². The van der Waals surface area contributed by atoms with Gasteiger partial charge >= 0.3 is 0 Å². The Balaban J connectivity index is 1.79. The highest BCUT2D eigenvalue weighted by molar-refractivity contribution is 7.16. The lowest BCUT2D eigenvalue weighted by atomic mass is 9.88. The first-order valence-corrected chi connectivity index (χ1v) is 7.76. The molecule has 0 atom stereocenters. The van der Waals surface area contributed by atoms with E-state index >= 15 is 0 Å². The van der Waals surface area contributed by atoms with Crippen molar-refractivity contribution in [2.75, 3.05) is 39.2 Å². The molecule has 20 heavy (non-hydrogen) atoms. The van der Waals surface area contributed by atoms with E-state index in [0.717, 1.165) is 48.6 Å². The number of nitrogens with zero attached hydrogens (tertiary/aromatic N) is 3. The van der Waals surface area contributed by atoms with Crippen LogP contribution in [0.15, 0.2) is 17.8 Å². The van der Waals surface area contributed by atoms with Crippen LogP contribution >= 0.6 is 11.3 Å². The van der Waals surface area contributed by atoms with Crippen LogP contribution in [0.3, 0.4) is 0 Å². The monoisotopic (exact) mass is 292 g/mol. The van der Waals surface area contributed by atoms with Crippen molar-refractivity contribution in [3.05, 3.63) is 17.8 Å². The molecule has 2 aromatic rings. The zero-order valence-electron chi connectivity index (χ0n) is 11.9. The fourth-order valence-electron chi connectivity index (χ4n) is 2.71. The normalized spacial score (nSPS) is 18.6. The van der Waals surface area contributed by atoms with Gasteiger partial charge in [-0.3, -0.25) is 0 Å². The molecule has 6 heteroatoms. The third-order valence-electron chi connectivity index (χ3n) is 4.22. The van der Waals surface area contributed by atoms with Crippen LogP contribution in [0.2, 0.25) is 0 Å². The van der Waals surface area contributed by atoms with Crippen molar-refractivity contribution >= 4 is 27.4 Å². The Labute approximate surface area is 123 Å². The number of likely N-dealkylation sites (N-methyl/N-ethyl adjacent to an activating group) is 1. The Hall–Kier alpha value is -1.24. The summed E-state index contributed by atoms with van der Waals surface area (Å²) in [6.07, 6.45) is 3.73. The molecular weight excluding hydrogens is 272 g/mol. The summed E-state index contributed by atoms with van der Waals surface area (Å²) in [6.45, 7) is 2.54. The summed E-state index contributed by atoms with van der Waals surface area (Å²) < 4.78 is 5.51. The van der Waals surface area contributed by atoms with Crippen molar-refractivity contribution in [2.45, 2.75) is 18.4 Å². The molecule has 3 rings (SSSR count). The van der Waals surface area contributed by atoms with Gasteiger partial charge in [-0.1, -0.05) is 0 Å². The van der Waals surface area contributed by atoms with E-state index in [-0.39, 0.29) is 5.54 Å². The highest BCUT2D eigenvalue weighted by Gasteiger charge is 2.34. The molecule has 0 unspecified atom stereocenters. The Bertz CT molecular complexity index is 577. The molecule has 1 fully saturated rings. The number of ether oxygens (including phenoxy) is 1. The van der Waals surface area contributed by atoms with Crippen molar-refractivity contribution in [3.63, 3.8) is 0 Å². The molecule has 108 valence electrons. The molecule has 0 spiro atoms. The van der Waals surface area contributed by atoms with Crippen LogP contribution in [0.25, 0.3) is 10.2 Å². The zero-order valence-corrected chi connectivity index (χ0v) is 12.7. The summed E-state index contributed by atoms with van der Waals surface area (Å²) in [5.41, 5.74) is 0.144. The summed E-state index contributed by atoms with van der Waals surface area (Å²) >= 11 is 1.65. The fourth-order valence-corrected chi connectivity index (χ4v) is 3.45. The van der Waals surface area contributed by atoms with Crippen LogP contribution in [0.4, 0.5) is 5.82 Å². The number of rotatable bonds is 4. The van der Waals surface area contributed by atoms with Crippen molar-refractivity contribution in [3.8, 4) is 0 Å². The summed E-state index contributed by atoms with van der Waals surface area (Å²) in [7, 11) is 4.29. The van der Waals surface area contributed by atoms with Crippen molar-refractivity contribution in [2.24, 2.45) is 0 Å². The van der Waals surface area contributed by atoms with E-state index in [1.165, 1.54) is 0 Å². The third kappa shape index (κ3) is 2.51. The van der Waals surface area contributed by atoms with Gasteiger partial charge in [-0.2, -0.15) is 0 Å². The standard InChI is InChI=1S/C14H20N4OS/c1-18(2)14(4-6-19-7-5-14)9-15-12-11-3-8-20-13(11)17-10-16-12/h3,8,10H,4-7,9H2,1-2H3,(H,15,16,17). The smallest absolute Gasteiger partial charge is 0.138 e. The van der Waals surface area contributed by atoms with E-state index in [2.05, 4.69) is 45.7 Å². The first kappa shape index (κ1) is 13.7. The van der Waals surface area contributed by atoms with Gasteiger partial charge in [-0.15, -0.1) is 11.3 Å². The van der Waals surface area contributed by atoms with Crippen molar-refractivity contribution < 1.29 is 4.74 Å². The number of fused-ring (bicyclic) bond motifs is 1. The Kier molecular flexibility index (Phi) is 3.87. The minimum absolute atomic E-state index is 0.144. The molecule has 1 aliphatic rings. The Morgan fingerprint density at radius 2 is 2.15 bits per heavy atom. The average molecular weight is 292 g/mol. The second-order valence-corrected chi connectivity index (χ2v) is 6.34. The lowest BCUT2D eigenvalue weighted by molar-refractivity contribution is -0.000650. The van der Waals surface area contributed by atoms with Gasteiger partial charge < -0.3 is 15.0 Å². The third-order valence-corrected chi connectivity index (χ3v) is 5.04. The quantitative estimate of drug-likeness (QED) is 0.936. The van der Waals surface area contributed by atoms with Gasteiger partial charge in [0.05, 0.1) is 5.39 Å². The molecule has 1 N–H and O–H groups in total. The van der Waals surface area contributed by atoms with Crippen LogP contribution in [-0.2, 0) is 4.74 Å². The van der Waals surface area contributed by atoms with Crippen molar-refractivity contribution in [1.29, 1.82) is 0 Å². The molecule has 2 aromatic heterocycles. The molecule has 0 aromatic carbocycles. The predicted octanol–water partition coefficient (Wildman–Crippen LogP) is 2.21. The first-order valence-electron chi connectivity index (χ1n) is 6.89. The maximum atomic E-state index is 5.51. The summed E-state index contributed by atoms with van der Waals surface area (Å²) in [5, 5.41) is 6.69. The largest absolute Gasteiger partial charge is 0.381 e. The van der Waals surface area contributed by atoms with Gasteiger partial charge in [0.15, 0.2) is 0 Å². The number of anilines is 1. The van der Waals surface area contributed by atoms with E-state index in [1.54, 1.807) is 17.7 Å². The molecule has 0 bridgehead atoms. The molecular formula is C14H20N4OS. The minimum atomic E-state index is 0.144. The SMILES string of the molecule is CN(C)C1(CNc2ncnc3sccc23)CCOCC1. The molecule has 0 saturated carbocycles. The fraction of sp³-hybridized carbons (Fsp3) is 0.571. The molecule has 1 saturated heterocycles. The molecule has 0 amide bonds. The molecule has 0 aliphatic carbocycles. The lowest BCUT2D eigenvalue weighted by Crippen LogP contribution is -2.53. The van der Waals surface area contributed by atoms with E-state index in [4.69, 9.17) is 4.74 Å². The maximum Gasteiger partial charge on any atom is 0.138 e. The number of nitrogens with one attached hydrogen (secondary N) is 1. The highest BCUT2D eigenvalue weighted by atomic mass is 32.1. The van der Waals surface area contributed by atoms with Crippen molar-refractivity contribution in [1.82, 2.24) is 14.9 Å². The number of hydrogen-bond acceptors (Lipinski definition) is 6. The summed E-state index contributed by atoms with van der Waals surface area (Å²) in [6, 6.07) is 2.08. The van der Waals surface area contributed by atoms with E-state index < -0.39 is 0 Å². The van der Waals surface area contributed by atoms with Gasteiger partial charge in [0.25, 0.3) is 0 Å². The van der Waals surface area contributed by atoms with Crippen LogP contribution in [-0.4, -0.2) is 54.3 Å². The number of thiophene rings is 1. The summed E-state index contributed by atoms with van der Waals surface area (Å²) in [4.78, 5) is 12.0. The minimum Gasteiger partial charge on any atom is -0.381 e. The second kappa shape index (κ2) is 5.63. The molecule has 3 heterocycles. The van der Waals surface area contributed by atoms with Gasteiger partial charge in [0.2, 0.25) is 0 Å². The second-order valence-electron chi connectivity index (χ2n) is 5.45. The number of aromatic nitrogens is 2. The average Bonchev–Trinajstić information content (AvgIpc) is 2.95. The first-order chi connectivity index (χ1) is 9.71. The van der Waals surface area contributed by atoms with E-state index in [1.807, 2.05) is 0 Å². The van der Waals surface area contributed by atoms with Gasteiger partial charge in [0.1, 0.15) is 17.0 Å². The van der Waals surface area contributed by atoms with Crippen LogP contribution < -0.4 is 5.32 Å². The maximum absolute atomic E-state index is 5.51. The highest BCUT2D eigenvalue weighted by Crippen LogP contribution is 2.28. The summed E-state index contributed by atoms with van der Waals surface area (Å²) in [5.74, 6) is 0.934. The van der Waals surface area contributed by atoms with Crippen LogP contribution in [0.1, 0.15) is 12.8 Å². The Morgan fingerprint density at radius 3 is 2.90 bits per heavy atom.